The molecule has 2 heterocycles. The molecule has 0 bridgehead atoms. The van der Waals surface area contributed by atoms with Gasteiger partial charge in [-0.05, 0) is 54.8 Å². The summed E-state index contributed by atoms with van der Waals surface area (Å²) >= 11 is 6.29. The summed E-state index contributed by atoms with van der Waals surface area (Å²) in [5.74, 6) is -1.28. The quantitative estimate of drug-likeness (QED) is 0.508. The summed E-state index contributed by atoms with van der Waals surface area (Å²) in [5.41, 5.74) is 1.52. The molecule has 170 valence electrons. The SMILES string of the molecule is O=C(O)c1ccc(-c2nc(CC(=O)C3(c4ccc5c(c4)OC(F)(F)O5)CC3)ccc2Cl)cc1.[HH]. The second-order valence-electron chi connectivity index (χ2n) is 8.03. The number of alkyl halides is 2. The van der Waals surface area contributed by atoms with Crippen LogP contribution in [0.25, 0.3) is 11.3 Å². The number of ketones is 1. The minimum atomic E-state index is -3.71. The largest absolute Gasteiger partial charge is 0.586 e. The van der Waals surface area contributed by atoms with Crippen molar-refractivity contribution < 1.29 is 34.4 Å². The number of fused-ring (bicyclic) bond motifs is 1. The van der Waals surface area contributed by atoms with Gasteiger partial charge >= 0.3 is 12.3 Å². The average Bonchev–Trinajstić information content (AvgIpc) is 3.52. The van der Waals surface area contributed by atoms with Crippen molar-refractivity contribution in [3.63, 3.8) is 0 Å². The first kappa shape index (κ1) is 21.3. The van der Waals surface area contributed by atoms with Crippen LogP contribution in [0.1, 0.15) is 35.9 Å². The minimum Gasteiger partial charge on any atom is -0.478 e. The molecule has 1 fully saturated rings. The third kappa shape index (κ3) is 3.91. The number of Topliss-reactive ketones (excluding diaryl/α,β-unsaturated/α-hetero) is 1. The summed E-state index contributed by atoms with van der Waals surface area (Å²) in [4.78, 5) is 28.8. The molecule has 33 heavy (non-hydrogen) atoms. The molecule has 1 aliphatic heterocycles. The number of carbonyl (C=O) groups is 2. The first-order valence-corrected chi connectivity index (χ1v) is 10.5. The van der Waals surface area contributed by atoms with E-state index in [9.17, 15) is 18.4 Å². The molecule has 1 saturated carbocycles. The maximum absolute atomic E-state index is 13.3. The molecule has 0 amide bonds. The Hall–Kier alpha value is -3.52. The summed E-state index contributed by atoms with van der Waals surface area (Å²) < 4.78 is 35.6. The van der Waals surface area contributed by atoms with E-state index in [1.165, 1.54) is 24.3 Å². The van der Waals surface area contributed by atoms with Crippen molar-refractivity contribution in [3.8, 4) is 22.8 Å². The van der Waals surface area contributed by atoms with Gasteiger partial charge in [0.15, 0.2) is 11.5 Å². The Morgan fingerprint density at radius 3 is 2.39 bits per heavy atom. The number of aromatic carboxylic acids is 1. The molecule has 1 aromatic heterocycles. The predicted octanol–water partition coefficient (Wildman–Crippen LogP) is 5.51. The molecule has 6 nitrogen and oxygen atoms in total. The van der Waals surface area contributed by atoms with Crippen molar-refractivity contribution in [2.45, 2.75) is 31.0 Å². The van der Waals surface area contributed by atoms with Gasteiger partial charge in [0.05, 0.1) is 21.7 Å². The molecule has 5 rings (SSSR count). The van der Waals surface area contributed by atoms with Crippen LogP contribution in [0.2, 0.25) is 5.02 Å². The van der Waals surface area contributed by atoms with Crippen molar-refractivity contribution in [1.29, 1.82) is 0 Å². The van der Waals surface area contributed by atoms with Gasteiger partial charge in [-0.3, -0.25) is 9.78 Å². The lowest BCUT2D eigenvalue weighted by Gasteiger charge is -2.15. The van der Waals surface area contributed by atoms with E-state index in [0.29, 0.717) is 40.4 Å². The van der Waals surface area contributed by atoms with Crippen LogP contribution < -0.4 is 9.47 Å². The number of benzene rings is 2. The summed E-state index contributed by atoms with van der Waals surface area (Å²) in [5, 5.41) is 9.43. The van der Waals surface area contributed by atoms with Crippen molar-refractivity contribution in [2.24, 2.45) is 0 Å². The Balaban J connectivity index is 0.00000274. The molecule has 2 aromatic carbocycles. The molecule has 2 aliphatic rings. The summed E-state index contributed by atoms with van der Waals surface area (Å²) in [6, 6.07) is 13.8. The highest BCUT2D eigenvalue weighted by molar-refractivity contribution is 6.33. The number of hydrogen-bond acceptors (Lipinski definition) is 5. The third-order valence-electron chi connectivity index (χ3n) is 5.89. The van der Waals surface area contributed by atoms with Gasteiger partial charge in [-0.25, -0.2) is 4.79 Å². The van der Waals surface area contributed by atoms with E-state index in [0.717, 1.165) is 0 Å². The molecule has 0 unspecified atom stereocenters. The van der Waals surface area contributed by atoms with Gasteiger partial charge in [-0.1, -0.05) is 29.8 Å². The number of hydrogen-bond donors (Lipinski definition) is 1. The van der Waals surface area contributed by atoms with Crippen LogP contribution in [-0.4, -0.2) is 28.1 Å². The number of aromatic nitrogens is 1. The Morgan fingerprint density at radius 1 is 1.03 bits per heavy atom. The molecule has 1 aliphatic carbocycles. The number of nitrogens with zero attached hydrogens (tertiary/aromatic N) is 1. The Kier molecular flexibility index (Phi) is 4.86. The van der Waals surface area contributed by atoms with E-state index in [2.05, 4.69) is 14.5 Å². The molecule has 3 aromatic rings. The fourth-order valence-electron chi connectivity index (χ4n) is 3.99. The van der Waals surface area contributed by atoms with E-state index in [1.807, 2.05) is 0 Å². The van der Waals surface area contributed by atoms with Crippen LogP contribution in [0, 0.1) is 0 Å². The minimum absolute atomic E-state index is 0. The number of carboxylic acid groups (broad SMARTS) is 1. The Morgan fingerprint density at radius 2 is 1.73 bits per heavy atom. The first-order chi connectivity index (χ1) is 15.7. The van der Waals surface area contributed by atoms with Crippen LogP contribution in [-0.2, 0) is 16.6 Å². The van der Waals surface area contributed by atoms with Gasteiger partial charge in [0, 0.05) is 19.1 Å². The number of carbonyl (C=O) groups excluding carboxylic acids is 1. The Labute approximate surface area is 193 Å². The number of carboxylic acids is 1. The maximum atomic E-state index is 13.3. The van der Waals surface area contributed by atoms with Crippen LogP contribution in [0.15, 0.2) is 54.6 Å². The highest BCUT2D eigenvalue weighted by Gasteiger charge is 2.52. The van der Waals surface area contributed by atoms with E-state index >= 15 is 0 Å². The molecular weight excluding hydrogens is 456 g/mol. The molecule has 0 spiro atoms. The van der Waals surface area contributed by atoms with Gasteiger partial charge in [0.1, 0.15) is 5.78 Å². The Bertz CT molecular complexity index is 1300. The fourth-order valence-corrected chi connectivity index (χ4v) is 4.20. The van der Waals surface area contributed by atoms with Crippen molar-refractivity contribution in [2.75, 3.05) is 0 Å². The summed E-state index contributed by atoms with van der Waals surface area (Å²) in [6.45, 7) is 0. The maximum Gasteiger partial charge on any atom is 0.586 e. The zero-order valence-corrected chi connectivity index (χ0v) is 17.7. The summed E-state index contributed by atoms with van der Waals surface area (Å²) in [7, 11) is 0. The molecule has 9 heteroatoms. The topological polar surface area (TPSA) is 85.7 Å². The summed E-state index contributed by atoms with van der Waals surface area (Å²) in [6.07, 6.45) is -2.49. The predicted molar refractivity (Wildman–Crippen MR) is 116 cm³/mol. The van der Waals surface area contributed by atoms with Crippen LogP contribution in [0.3, 0.4) is 0 Å². The lowest BCUT2D eigenvalue weighted by Crippen LogP contribution is -2.26. The third-order valence-corrected chi connectivity index (χ3v) is 6.19. The zero-order chi connectivity index (χ0) is 23.4. The van der Waals surface area contributed by atoms with Crippen LogP contribution in [0.5, 0.6) is 11.5 Å². The molecule has 0 saturated heterocycles. The molecular formula is C24H18ClF2NO5. The van der Waals surface area contributed by atoms with E-state index in [-0.39, 0.29) is 30.7 Å². The molecule has 0 radical (unpaired) electrons. The van der Waals surface area contributed by atoms with E-state index in [1.54, 1.807) is 30.3 Å². The van der Waals surface area contributed by atoms with Gasteiger partial charge in [0.25, 0.3) is 0 Å². The second-order valence-corrected chi connectivity index (χ2v) is 8.43. The zero-order valence-electron chi connectivity index (χ0n) is 17.0. The lowest BCUT2D eigenvalue weighted by molar-refractivity contribution is -0.286. The van der Waals surface area contributed by atoms with E-state index in [4.69, 9.17) is 16.7 Å². The normalized spacial score (nSPS) is 16.9. The van der Waals surface area contributed by atoms with Gasteiger partial charge < -0.3 is 14.6 Å². The number of ether oxygens (including phenoxy) is 2. The molecule has 0 atom stereocenters. The first-order valence-electron chi connectivity index (χ1n) is 10.1. The van der Waals surface area contributed by atoms with Gasteiger partial charge in [0.2, 0.25) is 0 Å². The van der Waals surface area contributed by atoms with Crippen LogP contribution >= 0.6 is 11.6 Å². The average molecular weight is 474 g/mol. The van der Waals surface area contributed by atoms with E-state index < -0.39 is 17.7 Å². The number of pyridine rings is 1. The highest BCUT2D eigenvalue weighted by atomic mass is 35.5. The fraction of sp³-hybridized carbons (Fsp3) is 0.208. The monoisotopic (exact) mass is 473 g/mol. The lowest BCUT2D eigenvalue weighted by atomic mass is 9.88. The van der Waals surface area contributed by atoms with Crippen molar-refractivity contribution in [1.82, 2.24) is 4.98 Å². The standard InChI is InChI=1S/C24H16ClF2NO5.H2/c25-17-7-6-16(28-21(17)13-1-3-14(4-2-13)22(30)31)12-20(29)23(9-10-23)15-5-8-18-19(11-15)33-24(26,27)32-18;/h1-8,11H,9-10,12H2,(H,30,31);1H. The second kappa shape index (κ2) is 7.52. The molecule has 1 N–H and O–H groups in total. The van der Waals surface area contributed by atoms with Gasteiger partial charge in [-0.2, -0.15) is 0 Å². The number of rotatable bonds is 6. The van der Waals surface area contributed by atoms with Crippen molar-refractivity contribution in [3.05, 3.63) is 76.4 Å². The van der Waals surface area contributed by atoms with Crippen LogP contribution in [0.4, 0.5) is 8.78 Å². The smallest absolute Gasteiger partial charge is 0.478 e. The van der Waals surface area contributed by atoms with Crippen molar-refractivity contribution >= 4 is 23.4 Å². The van der Waals surface area contributed by atoms with Gasteiger partial charge in [-0.15, -0.1) is 8.78 Å². The highest BCUT2D eigenvalue weighted by Crippen LogP contribution is 2.52. The number of halogens is 3.